The molecule has 0 saturated heterocycles. The monoisotopic (exact) mass is 720 g/mol. The van der Waals surface area contributed by atoms with Crippen LogP contribution < -0.4 is 10.0 Å². The van der Waals surface area contributed by atoms with Gasteiger partial charge in [0.2, 0.25) is 0 Å². The highest BCUT2D eigenvalue weighted by Gasteiger charge is 2.26. The molecule has 1 unspecified atom stereocenters. The fraction of sp³-hybridized carbons (Fsp3) is 0.0909. The molecular weight excluding hydrogens is 707 g/mol. The molecule has 0 spiro atoms. The normalized spacial score (nSPS) is 12.3. The quantitative estimate of drug-likeness (QED) is 0.219. The summed E-state index contributed by atoms with van der Waals surface area (Å²) in [5, 5.41) is 12.8. The zero-order valence-corrected chi connectivity index (χ0v) is 24.0. The van der Waals surface area contributed by atoms with Crippen LogP contribution in [0.3, 0.4) is 0 Å². The average molecular weight is 722 g/mol. The number of pyridine rings is 1. The van der Waals surface area contributed by atoms with E-state index in [0.717, 1.165) is 11.5 Å². The van der Waals surface area contributed by atoms with E-state index in [0.29, 0.717) is 28.7 Å². The lowest BCUT2D eigenvalue weighted by atomic mass is 10.1. The Balaban J connectivity index is 1.62. The van der Waals surface area contributed by atoms with Crippen molar-refractivity contribution >= 4 is 99.3 Å². The van der Waals surface area contributed by atoms with Crippen molar-refractivity contribution in [2.24, 2.45) is 0 Å². The van der Waals surface area contributed by atoms with Crippen molar-refractivity contribution in [2.45, 2.75) is 17.5 Å². The summed E-state index contributed by atoms with van der Waals surface area (Å²) < 4.78 is 34.7. The highest BCUT2D eigenvalue weighted by molar-refractivity contribution is 14.1. The van der Waals surface area contributed by atoms with Crippen LogP contribution in [0.5, 0.6) is 0 Å². The molecule has 9 nitrogen and oxygen atoms in total. The van der Waals surface area contributed by atoms with Crippen molar-refractivity contribution in [2.75, 3.05) is 4.72 Å². The van der Waals surface area contributed by atoms with Crippen LogP contribution in [0.15, 0.2) is 64.4 Å². The summed E-state index contributed by atoms with van der Waals surface area (Å²) >= 11 is 12.4. The van der Waals surface area contributed by atoms with E-state index in [1.54, 1.807) is 30.3 Å². The van der Waals surface area contributed by atoms with E-state index in [4.69, 9.17) is 11.6 Å². The number of fused-ring (bicyclic) bond motifs is 1. The molecule has 0 aliphatic carbocycles. The number of benzene rings is 2. The zero-order chi connectivity index (χ0) is 26.0. The van der Waals surface area contributed by atoms with Crippen LogP contribution in [0.4, 0.5) is 5.69 Å². The molecule has 2 aromatic carbocycles. The van der Waals surface area contributed by atoms with Crippen LogP contribution in [0, 0.1) is 3.57 Å². The van der Waals surface area contributed by atoms with Crippen LogP contribution >= 0.6 is 61.7 Å². The predicted molar refractivity (Wildman–Crippen MR) is 149 cm³/mol. The number of nitrogens with one attached hydrogen (secondary N) is 2. The van der Waals surface area contributed by atoms with Gasteiger partial charge in [0.15, 0.2) is 5.03 Å². The molecule has 2 aromatic heterocycles. The van der Waals surface area contributed by atoms with Gasteiger partial charge in [-0.25, -0.2) is 9.78 Å². The fourth-order valence-corrected chi connectivity index (χ4v) is 6.26. The molecule has 36 heavy (non-hydrogen) atoms. The molecule has 0 bridgehead atoms. The van der Waals surface area contributed by atoms with Crippen molar-refractivity contribution in [1.29, 1.82) is 0 Å². The molecule has 2 heterocycles. The molecule has 0 radical (unpaired) electrons. The number of hydrogen-bond acceptors (Lipinski definition) is 7. The minimum Gasteiger partial charge on any atom is -0.480 e. The molecule has 1 atom stereocenters. The van der Waals surface area contributed by atoms with Gasteiger partial charge in [0, 0.05) is 20.7 Å². The number of sulfonamides is 1. The molecule has 4 rings (SSSR count). The molecule has 0 aliphatic rings. The average Bonchev–Trinajstić information content (AvgIpc) is 3.29. The highest BCUT2D eigenvalue weighted by Crippen LogP contribution is 2.28. The molecule has 14 heteroatoms. The summed E-state index contributed by atoms with van der Waals surface area (Å²) in [5.41, 5.74) is 0.573. The van der Waals surface area contributed by atoms with E-state index in [1.165, 1.54) is 24.5 Å². The van der Waals surface area contributed by atoms with Gasteiger partial charge in [-0.05, 0) is 92.0 Å². The van der Waals surface area contributed by atoms with Gasteiger partial charge < -0.3 is 10.4 Å². The SMILES string of the molecule is O=C(NC(Cc1ccc(Cl)c(Br)c1)C(=O)O)c1ccc(I)cc1NS(=O)(=O)c1nccc2sncc12. The summed E-state index contributed by atoms with van der Waals surface area (Å²) in [4.78, 5) is 29.0. The van der Waals surface area contributed by atoms with Crippen LogP contribution in [-0.2, 0) is 21.2 Å². The zero-order valence-electron chi connectivity index (χ0n) is 17.9. The van der Waals surface area contributed by atoms with Crippen LogP contribution in [0.1, 0.15) is 15.9 Å². The second-order valence-corrected chi connectivity index (χ2v) is 12.4. The first-order valence-electron chi connectivity index (χ1n) is 10.0. The van der Waals surface area contributed by atoms with E-state index >= 15 is 0 Å². The number of rotatable bonds is 8. The number of aromatic nitrogens is 2. The van der Waals surface area contributed by atoms with E-state index in [2.05, 4.69) is 35.3 Å². The number of carbonyl (C=O) groups excluding carboxylic acids is 1. The van der Waals surface area contributed by atoms with Gasteiger partial charge in [-0.3, -0.25) is 9.52 Å². The summed E-state index contributed by atoms with van der Waals surface area (Å²) in [6.07, 6.45) is 2.76. The fourth-order valence-electron chi connectivity index (χ4n) is 3.32. The molecule has 0 saturated carbocycles. The number of amides is 1. The Morgan fingerprint density at radius 1 is 1.19 bits per heavy atom. The van der Waals surface area contributed by atoms with Crippen molar-refractivity contribution in [1.82, 2.24) is 14.7 Å². The topological polar surface area (TPSA) is 138 Å². The van der Waals surface area contributed by atoms with E-state index in [9.17, 15) is 23.1 Å². The Labute approximate surface area is 236 Å². The summed E-state index contributed by atoms with van der Waals surface area (Å²) in [6, 6.07) is 9.84. The van der Waals surface area contributed by atoms with Crippen LogP contribution in [0.25, 0.3) is 10.1 Å². The number of halogens is 3. The Bertz CT molecular complexity index is 1600. The predicted octanol–water partition coefficient (Wildman–Crippen LogP) is 4.94. The Morgan fingerprint density at radius 3 is 2.69 bits per heavy atom. The van der Waals surface area contributed by atoms with Gasteiger partial charge in [-0.15, -0.1) is 0 Å². The highest BCUT2D eigenvalue weighted by atomic mass is 127. The third kappa shape index (κ3) is 5.96. The number of carboxylic acids is 1. The number of hydrogen-bond donors (Lipinski definition) is 3. The summed E-state index contributed by atoms with van der Waals surface area (Å²) in [7, 11) is -4.20. The van der Waals surface area contributed by atoms with Gasteiger partial charge in [0.05, 0.1) is 32.6 Å². The third-order valence-corrected chi connectivity index (χ3v) is 8.97. The molecule has 1 amide bonds. The second-order valence-electron chi connectivity index (χ2n) is 7.47. The van der Waals surface area contributed by atoms with Gasteiger partial charge in [-0.1, -0.05) is 17.7 Å². The van der Waals surface area contributed by atoms with Crippen LogP contribution in [0.2, 0.25) is 5.02 Å². The Morgan fingerprint density at radius 2 is 1.97 bits per heavy atom. The first-order valence-corrected chi connectivity index (χ1v) is 14.5. The van der Waals surface area contributed by atoms with E-state index in [-0.39, 0.29) is 22.7 Å². The lowest BCUT2D eigenvalue weighted by Gasteiger charge is -2.17. The van der Waals surface area contributed by atoms with Crippen molar-refractivity contribution in [3.63, 3.8) is 0 Å². The largest absolute Gasteiger partial charge is 0.480 e. The van der Waals surface area contributed by atoms with Gasteiger partial charge >= 0.3 is 5.97 Å². The minimum atomic E-state index is -4.20. The first-order chi connectivity index (χ1) is 17.0. The molecule has 4 aromatic rings. The smallest absolute Gasteiger partial charge is 0.326 e. The standard InChI is InChI=1S/C22H15BrClIN4O5S2/c23-15-7-11(1-4-16(15)24)8-18(22(31)32)28-20(30)13-3-2-12(25)9-17(13)29-36(33,34)21-14-10-27-35-19(14)5-6-26-21/h1-7,9-10,18,29H,8H2,(H,28,30)(H,31,32). The van der Waals surface area contributed by atoms with Gasteiger partial charge in [-0.2, -0.15) is 12.8 Å². The third-order valence-electron chi connectivity index (χ3n) is 5.00. The van der Waals surface area contributed by atoms with Crippen molar-refractivity contribution < 1.29 is 23.1 Å². The lowest BCUT2D eigenvalue weighted by molar-refractivity contribution is -0.139. The summed E-state index contributed by atoms with van der Waals surface area (Å²) in [6.45, 7) is 0. The first kappa shape index (κ1) is 26.7. The molecule has 186 valence electrons. The Kier molecular flexibility index (Phi) is 8.14. The maximum Gasteiger partial charge on any atom is 0.326 e. The van der Waals surface area contributed by atoms with Crippen molar-refractivity contribution in [3.05, 3.63) is 79.1 Å². The van der Waals surface area contributed by atoms with Crippen molar-refractivity contribution in [3.8, 4) is 0 Å². The molecule has 3 N–H and O–H groups in total. The number of carboxylic acid groups (broad SMARTS) is 1. The second kappa shape index (κ2) is 11.0. The lowest BCUT2D eigenvalue weighted by Crippen LogP contribution is -2.42. The molecule has 0 aliphatic heterocycles. The van der Waals surface area contributed by atoms with Crippen LogP contribution in [-0.4, -0.2) is 40.8 Å². The minimum absolute atomic E-state index is 0.0141. The molecule has 0 fully saturated rings. The maximum absolute atomic E-state index is 13.2. The van der Waals surface area contributed by atoms with Gasteiger partial charge in [0.25, 0.3) is 15.9 Å². The maximum atomic E-state index is 13.2. The number of aliphatic carboxylic acids is 1. The number of nitrogens with zero attached hydrogens (tertiary/aromatic N) is 2. The summed E-state index contributed by atoms with van der Waals surface area (Å²) in [5.74, 6) is -2.00. The number of carbonyl (C=O) groups is 2. The Hall–Kier alpha value is -2.33. The van der Waals surface area contributed by atoms with E-state index < -0.39 is 27.9 Å². The van der Waals surface area contributed by atoms with E-state index in [1.807, 2.05) is 22.6 Å². The van der Waals surface area contributed by atoms with Gasteiger partial charge in [0.1, 0.15) is 6.04 Å². The molecular formula is C22H15BrClIN4O5S2. The number of anilines is 1.